The number of rotatable bonds is 4. The van der Waals surface area contributed by atoms with E-state index in [1.165, 1.54) is 31.4 Å². The molecule has 0 aliphatic heterocycles. The highest BCUT2D eigenvalue weighted by atomic mass is 16.6. The molecule has 16 heavy (non-hydrogen) atoms. The quantitative estimate of drug-likeness (QED) is 0.363. The molecule has 1 aromatic rings. The number of para-hydroxylation sites is 1. The Balaban J connectivity index is 3.35. The van der Waals surface area contributed by atoms with Crippen molar-refractivity contribution >= 4 is 17.2 Å². The summed E-state index contributed by atoms with van der Waals surface area (Å²) in [5.74, 6) is -1.28. The molecule has 84 valence electrons. The van der Waals surface area contributed by atoms with E-state index in [-0.39, 0.29) is 16.8 Å². The van der Waals surface area contributed by atoms with Crippen molar-refractivity contribution < 1.29 is 19.6 Å². The number of nitro groups is 1. The molecule has 0 aliphatic rings. The molecule has 0 fully saturated rings. The van der Waals surface area contributed by atoms with Gasteiger partial charge in [-0.25, -0.2) is 4.79 Å². The zero-order valence-corrected chi connectivity index (χ0v) is 8.41. The summed E-state index contributed by atoms with van der Waals surface area (Å²) in [6.45, 7) is 0. The summed E-state index contributed by atoms with van der Waals surface area (Å²) in [6.07, 6.45) is 0.963. The first-order valence-electron chi connectivity index (χ1n) is 4.28. The predicted molar refractivity (Wildman–Crippen MR) is 55.7 cm³/mol. The van der Waals surface area contributed by atoms with Crippen LogP contribution in [0.3, 0.4) is 0 Å². The van der Waals surface area contributed by atoms with Crippen LogP contribution in [0.25, 0.3) is 5.57 Å². The van der Waals surface area contributed by atoms with Gasteiger partial charge in [0, 0.05) is 6.07 Å². The predicted octanol–water partition coefficient (Wildman–Crippen LogP) is 1.67. The van der Waals surface area contributed by atoms with Gasteiger partial charge in [-0.05, 0) is 6.07 Å². The van der Waals surface area contributed by atoms with Gasteiger partial charge in [0.05, 0.1) is 23.9 Å². The Morgan fingerprint density at radius 3 is 2.62 bits per heavy atom. The standard InChI is InChI=1S/C10H9NO5/c1-16-6-8(10(12)13)7-4-2-3-5-9(7)11(14)15/h2-6H,1H3,(H,12,13)/b8-6+. The second-order valence-electron chi connectivity index (χ2n) is 2.85. The number of carboxylic acid groups (broad SMARTS) is 1. The molecule has 1 aromatic carbocycles. The molecule has 0 aliphatic carbocycles. The van der Waals surface area contributed by atoms with Crippen molar-refractivity contribution in [1.29, 1.82) is 0 Å². The van der Waals surface area contributed by atoms with Crippen LogP contribution in [-0.2, 0) is 9.53 Å². The number of carbonyl (C=O) groups is 1. The summed E-state index contributed by atoms with van der Waals surface area (Å²) < 4.78 is 4.59. The number of benzene rings is 1. The molecule has 0 atom stereocenters. The van der Waals surface area contributed by atoms with Crippen LogP contribution >= 0.6 is 0 Å². The van der Waals surface area contributed by atoms with Crippen molar-refractivity contribution in [3.63, 3.8) is 0 Å². The number of hydrogen-bond acceptors (Lipinski definition) is 4. The first kappa shape index (κ1) is 11.7. The maximum Gasteiger partial charge on any atom is 0.339 e. The molecule has 6 heteroatoms. The van der Waals surface area contributed by atoms with E-state index in [0.717, 1.165) is 6.26 Å². The largest absolute Gasteiger partial charge is 0.503 e. The lowest BCUT2D eigenvalue weighted by molar-refractivity contribution is -0.385. The smallest absolute Gasteiger partial charge is 0.339 e. The van der Waals surface area contributed by atoms with Gasteiger partial charge >= 0.3 is 5.97 Å². The minimum absolute atomic E-state index is 0.0156. The minimum Gasteiger partial charge on any atom is -0.503 e. The van der Waals surface area contributed by atoms with Crippen LogP contribution in [0.4, 0.5) is 5.69 Å². The molecule has 1 N–H and O–H groups in total. The van der Waals surface area contributed by atoms with Gasteiger partial charge in [-0.1, -0.05) is 12.1 Å². The Labute approximate surface area is 90.9 Å². The summed E-state index contributed by atoms with van der Waals surface area (Å²) >= 11 is 0. The van der Waals surface area contributed by atoms with E-state index in [2.05, 4.69) is 4.74 Å². The Hall–Kier alpha value is -2.37. The van der Waals surface area contributed by atoms with Crippen molar-refractivity contribution in [2.45, 2.75) is 0 Å². The van der Waals surface area contributed by atoms with Crippen LogP contribution in [0.2, 0.25) is 0 Å². The number of aliphatic carboxylic acids is 1. The first-order chi connectivity index (χ1) is 7.57. The fourth-order valence-corrected chi connectivity index (χ4v) is 1.21. The van der Waals surface area contributed by atoms with E-state index in [1.54, 1.807) is 0 Å². The molecule has 0 radical (unpaired) electrons. The molecule has 0 amide bonds. The zero-order chi connectivity index (χ0) is 12.1. The maximum atomic E-state index is 10.9. The summed E-state index contributed by atoms with van der Waals surface area (Å²) in [5, 5.41) is 19.6. The van der Waals surface area contributed by atoms with Crippen LogP contribution in [0.1, 0.15) is 5.56 Å². The zero-order valence-electron chi connectivity index (χ0n) is 8.41. The molecule has 0 spiro atoms. The number of nitrogens with zero attached hydrogens (tertiary/aromatic N) is 1. The van der Waals surface area contributed by atoms with E-state index < -0.39 is 10.9 Å². The van der Waals surface area contributed by atoms with Crippen molar-refractivity contribution in [3.8, 4) is 0 Å². The average Bonchev–Trinajstić information content (AvgIpc) is 2.25. The van der Waals surface area contributed by atoms with Crippen LogP contribution in [0, 0.1) is 10.1 Å². The van der Waals surface area contributed by atoms with E-state index >= 15 is 0 Å². The molecule has 1 rings (SSSR count). The summed E-state index contributed by atoms with van der Waals surface area (Å²) in [5.41, 5.74) is -0.509. The summed E-state index contributed by atoms with van der Waals surface area (Å²) in [6, 6.07) is 5.58. The van der Waals surface area contributed by atoms with Crippen molar-refractivity contribution in [2.75, 3.05) is 7.11 Å². The Bertz CT molecular complexity index is 452. The molecular formula is C10H9NO5. The van der Waals surface area contributed by atoms with E-state index in [9.17, 15) is 14.9 Å². The Kier molecular flexibility index (Phi) is 3.60. The first-order valence-corrected chi connectivity index (χ1v) is 4.28. The number of methoxy groups -OCH3 is 1. The highest BCUT2D eigenvalue weighted by molar-refractivity contribution is 6.16. The lowest BCUT2D eigenvalue weighted by atomic mass is 10.1. The Morgan fingerprint density at radius 1 is 1.50 bits per heavy atom. The highest BCUT2D eigenvalue weighted by Crippen LogP contribution is 2.25. The third-order valence-electron chi connectivity index (χ3n) is 1.86. The number of carboxylic acids is 1. The van der Waals surface area contributed by atoms with Crippen molar-refractivity contribution in [1.82, 2.24) is 0 Å². The van der Waals surface area contributed by atoms with E-state index in [0.29, 0.717) is 0 Å². The lowest BCUT2D eigenvalue weighted by Gasteiger charge is -2.03. The molecule has 0 saturated carbocycles. The maximum absolute atomic E-state index is 10.9. The fourth-order valence-electron chi connectivity index (χ4n) is 1.21. The van der Waals surface area contributed by atoms with Crippen molar-refractivity contribution in [3.05, 3.63) is 46.2 Å². The van der Waals surface area contributed by atoms with Gasteiger partial charge in [0.1, 0.15) is 5.57 Å². The van der Waals surface area contributed by atoms with Gasteiger partial charge < -0.3 is 9.84 Å². The summed E-state index contributed by atoms with van der Waals surface area (Å²) in [4.78, 5) is 21.0. The van der Waals surface area contributed by atoms with Crippen LogP contribution in [-0.4, -0.2) is 23.1 Å². The third kappa shape index (κ3) is 2.35. The SMILES string of the molecule is CO/C=C(/C(=O)O)c1ccccc1[N+](=O)[O-]. The fraction of sp³-hybridized carbons (Fsp3) is 0.100. The lowest BCUT2D eigenvalue weighted by Crippen LogP contribution is -2.03. The second-order valence-corrected chi connectivity index (χ2v) is 2.85. The number of hydrogen-bond donors (Lipinski definition) is 1. The topological polar surface area (TPSA) is 89.7 Å². The van der Waals surface area contributed by atoms with Crippen LogP contribution in [0.15, 0.2) is 30.5 Å². The minimum atomic E-state index is -1.28. The molecular weight excluding hydrogens is 214 g/mol. The molecule has 0 aromatic heterocycles. The summed E-state index contributed by atoms with van der Waals surface area (Å²) in [7, 11) is 1.28. The van der Waals surface area contributed by atoms with Crippen LogP contribution < -0.4 is 0 Å². The molecule has 0 heterocycles. The van der Waals surface area contributed by atoms with Gasteiger partial charge in [-0.2, -0.15) is 0 Å². The monoisotopic (exact) mass is 223 g/mol. The van der Waals surface area contributed by atoms with E-state index in [4.69, 9.17) is 5.11 Å². The highest BCUT2D eigenvalue weighted by Gasteiger charge is 2.21. The van der Waals surface area contributed by atoms with Gasteiger partial charge in [0.2, 0.25) is 0 Å². The molecule has 0 saturated heterocycles. The van der Waals surface area contributed by atoms with Gasteiger partial charge in [-0.3, -0.25) is 10.1 Å². The molecule has 0 unspecified atom stereocenters. The number of nitro benzene ring substituents is 1. The Morgan fingerprint density at radius 2 is 2.12 bits per heavy atom. The van der Waals surface area contributed by atoms with Crippen molar-refractivity contribution in [2.24, 2.45) is 0 Å². The van der Waals surface area contributed by atoms with Gasteiger partial charge in [-0.15, -0.1) is 0 Å². The molecule has 0 bridgehead atoms. The molecule has 6 nitrogen and oxygen atoms in total. The van der Waals surface area contributed by atoms with Crippen LogP contribution in [0.5, 0.6) is 0 Å². The van der Waals surface area contributed by atoms with Gasteiger partial charge in [0.15, 0.2) is 0 Å². The second kappa shape index (κ2) is 4.92. The van der Waals surface area contributed by atoms with E-state index in [1.807, 2.05) is 0 Å². The normalized spacial score (nSPS) is 10.9. The third-order valence-corrected chi connectivity index (χ3v) is 1.86. The number of ether oxygens (including phenoxy) is 1. The van der Waals surface area contributed by atoms with Gasteiger partial charge in [0.25, 0.3) is 5.69 Å². The average molecular weight is 223 g/mol.